The molecule has 0 aromatic carbocycles. The van der Waals surface area contributed by atoms with Crippen LogP contribution >= 0.6 is 0 Å². The summed E-state index contributed by atoms with van der Waals surface area (Å²) in [5, 5.41) is 3.65. The fourth-order valence-corrected chi connectivity index (χ4v) is 3.27. The Morgan fingerprint density at radius 1 is 1.36 bits per heavy atom. The zero-order valence-corrected chi connectivity index (χ0v) is 13.9. The molecule has 1 fully saturated rings. The molecule has 9 heteroatoms. The third kappa shape index (κ3) is 3.85. The zero-order chi connectivity index (χ0) is 18.0. The van der Waals surface area contributed by atoms with Gasteiger partial charge < -0.3 is 9.47 Å². The lowest BCUT2D eigenvalue weighted by atomic mass is 10.0. The van der Waals surface area contributed by atoms with Gasteiger partial charge in [0, 0.05) is 43.4 Å². The molecule has 3 heterocycles. The number of imidazole rings is 1. The van der Waals surface area contributed by atoms with Crippen LogP contribution < -0.4 is 0 Å². The minimum atomic E-state index is -4.52. The molecule has 1 atom stereocenters. The number of carbonyl (C=O) groups is 1. The molecule has 1 unspecified atom stereocenters. The molecule has 3 rings (SSSR count). The molecule has 1 amide bonds. The molecule has 0 radical (unpaired) electrons. The van der Waals surface area contributed by atoms with Crippen LogP contribution in [0.1, 0.15) is 37.0 Å². The number of piperidine rings is 1. The highest BCUT2D eigenvalue weighted by atomic mass is 19.4. The van der Waals surface area contributed by atoms with Gasteiger partial charge in [-0.1, -0.05) is 0 Å². The van der Waals surface area contributed by atoms with E-state index in [1.807, 2.05) is 6.92 Å². The normalized spacial score (nSPS) is 17.7. The predicted octanol–water partition coefficient (Wildman–Crippen LogP) is 2.75. The van der Waals surface area contributed by atoms with Crippen LogP contribution in [0.15, 0.2) is 31.0 Å². The lowest BCUT2D eigenvalue weighted by Crippen LogP contribution is -2.41. The third-order valence-corrected chi connectivity index (χ3v) is 4.66. The Hall–Kier alpha value is -2.32. The molecular formula is C16H20F3N5O. The Kier molecular flexibility index (Phi) is 4.82. The molecule has 0 aliphatic carbocycles. The lowest BCUT2D eigenvalue weighted by molar-refractivity contribution is -0.177. The van der Waals surface area contributed by atoms with Crippen LogP contribution in [0, 0.1) is 6.92 Å². The Balaban J connectivity index is 1.61. The molecule has 1 aliphatic rings. The summed E-state index contributed by atoms with van der Waals surface area (Å²) in [6.45, 7) is 2.86. The van der Waals surface area contributed by atoms with Gasteiger partial charge in [-0.15, -0.1) is 0 Å². The number of aromatic nitrogens is 4. The van der Waals surface area contributed by atoms with Gasteiger partial charge >= 0.3 is 6.18 Å². The second-order valence-corrected chi connectivity index (χ2v) is 6.30. The fraction of sp³-hybridized carbons (Fsp3) is 0.562. The molecule has 0 N–H and O–H groups in total. The number of aryl methyl sites for hydroxylation is 1. The Morgan fingerprint density at radius 3 is 2.60 bits per heavy atom. The van der Waals surface area contributed by atoms with Gasteiger partial charge in [0.15, 0.2) is 6.04 Å². The van der Waals surface area contributed by atoms with Gasteiger partial charge in [0.2, 0.25) is 5.91 Å². The fourth-order valence-electron chi connectivity index (χ4n) is 3.27. The number of rotatable bonds is 4. The molecule has 2 aromatic rings. The van der Waals surface area contributed by atoms with Gasteiger partial charge in [0.25, 0.3) is 0 Å². The van der Waals surface area contributed by atoms with Gasteiger partial charge in [-0.25, -0.2) is 4.98 Å². The Labute approximate surface area is 143 Å². The summed E-state index contributed by atoms with van der Waals surface area (Å²) in [5.74, 6) is -0.487. The quantitative estimate of drug-likeness (QED) is 0.847. The zero-order valence-electron chi connectivity index (χ0n) is 13.9. The largest absolute Gasteiger partial charge is 0.411 e. The van der Waals surface area contributed by atoms with Gasteiger partial charge in [-0.3, -0.25) is 9.48 Å². The van der Waals surface area contributed by atoms with Gasteiger partial charge in [0.05, 0.1) is 12.7 Å². The maximum atomic E-state index is 13.3. The minimum absolute atomic E-state index is 0.232. The van der Waals surface area contributed by atoms with Crippen molar-refractivity contribution < 1.29 is 18.0 Å². The second kappa shape index (κ2) is 6.89. The Morgan fingerprint density at radius 2 is 2.08 bits per heavy atom. The third-order valence-electron chi connectivity index (χ3n) is 4.66. The summed E-state index contributed by atoms with van der Waals surface area (Å²) in [5.41, 5.74) is 1.04. The van der Waals surface area contributed by atoms with Crippen LogP contribution in [0.25, 0.3) is 0 Å². The average molecular weight is 355 g/mol. The van der Waals surface area contributed by atoms with Crippen LogP contribution in [-0.2, 0) is 4.79 Å². The number of amides is 1. The molecule has 0 bridgehead atoms. The number of carbonyl (C=O) groups excluding carboxylic acids is 1. The summed E-state index contributed by atoms with van der Waals surface area (Å²) in [6.07, 6.45) is 2.32. The van der Waals surface area contributed by atoms with Crippen molar-refractivity contribution in [2.45, 2.75) is 44.4 Å². The highest BCUT2D eigenvalue weighted by Gasteiger charge is 2.43. The highest BCUT2D eigenvalue weighted by molar-refractivity contribution is 5.76. The number of halogens is 3. The maximum Gasteiger partial charge on any atom is 0.411 e. The van der Waals surface area contributed by atoms with E-state index in [9.17, 15) is 18.0 Å². The molecule has 136 valence electrons. The summed E-state index contributed by atoms with van der Waals surface area (Å²) in [6, 6.07) is -0.276. The first-order valence-electron chi connectivity index (χ1n) is 8.18. The van der Waals surface area contributed by atoms with Crippen LogP contribution in [0.5, 0.6) is 0 Å². The van der Waals surface area contributed by atoms with Gasteiger partial charge in [-0.05, 0) is 25.8 Å². The lowest BCUT2D eigenvalue weighted by Gasteiger charge is -2.34. The van der Waals surface area contributed by atoms with Crippen molar-refractivity contribution in [1.29, 1.82) is 0 Å². The number of alkyl halides is 3. The van der Waals surface area contributed by atoms with E-state index in [4.69, 9.17) is 0 Å². The van der Waals surface area contributed by atoms with Crippen molar-refractivity contribution in [3.05, 3.63) is 36.7 Å². The van der Waals surface area contributed by atoms with E-state index in [2.05, 4.69) is 14.6 Å². The number of nitrogens with zero attached hydrogens (tertiary/aromatic N) is 5. The van der Waals surface area contributed by atoms with Crippen molar-refractivity contribution >= 4 is 5.91 Å². The van der Waals surface area contributed by atoms with Gasteiger partial charge in [-0.2, -0.15) is 18.3 Å². The molecule has 0 spiro atoms. The van der Waals surface area contributed by atoms with E-state index in [0.29, 0.717) is 25.9 Å². The van der Waals surface area contributed by atoms with Crippen LogP contribution in [-0.4, -0.2) is 49.4 Å². The number of hydrogen-bond acceptors (Lipinski definition) is 3. The van der Waals surface area contributed by atoms with Crippen molar-refractivity contribution in [3.63, 3.8) is 0 Å². The molecule has 1 saturated heterocycles. The van der Waals surface area contributed by atoms with Crippen LogP contribution in [0.3, 0.4) is 0 Å². The topological polar surface area (TPSA) is 56.0 Å². The number of likely N-dealkylation sites (tertiary alicyclic amines) is 1. The molecule has 25 heavy (non-hydrogen) atoms. The van der Waals surface area contributed by atoms with E-state index in [1.165, 1.54) is 23.4 Å². The summed E-state index contributed by atoms with van der Waals surface area (Å²) < 4.78 is 42.6. The van der Waals surface area contributed by atoms with Crippen molar-refractivity contribution in [2.75, 3.05) is 13.1 Å². The standard InChI is InChI=1S/C16H20F3N5O/c1-12-10-20-11-23(12)13-3-7-22(8-4-13)15(25)9-14(16(17,18)19)24-6-2-5-21-24/h2,5-6,10-11,13-14H,3-4,7-9H2,1H3. The first kappa shape index (κ1) is 17.5. The van der Waals surface area contributed by atoms with Crippen LogP contribution in [0.4, 0.5) is 13.2 Å². The predicted molar refractivity (Wildman–Crippen MR) is 83.8 cm³/mol. The van der Waals surface area contributed by atoms with Gasteiger partial charge in [0.1, 0.15) is 0 Å². The van der Waals surface area contributed by atoms with E-state index in [-0.39, 0.29) is 6.04 Å². The summed E-state index contributed by atoms with van der Waals surface area (Å²) in [4.78, 5) is 18.0. The van der Waals surface area contributed by atoms with E-state index in [1.54, 1.807) is 12.5 Å². The summed E-state index contributed by atoms with van der Waals surface area (Å²) in [7, 11) is 0. The van der Waals surface area contributed by atoms with Crippen molar-refractivity contribution in [2.24, 2.45) is 0 Å². The smallest absolute Gasteiger partial charge is 0.342 e. The second-order valence-electron chi connectivity index (χ2n) is 6.30. The summed E-state index contributed by atoms with van der Waals surface area (Å²) >= 11 is 0. The maximum absolute atomic E-state index is 13.3. The van der Waals surface area contributed by atoms with Crippen molar-refractivity contribution in [1.82, 2.24) is 24.2 Å². The van der Waals surface area contributed by atoms with E-state index >= 15 is 0 Å². The molecule has 0 saturated carbocycles. The monoisotopic (exact) mass is 355 g/mol. The van der Waals surface area contributed by atoms with Crippen molar-refractivity contribution in [3.8, 4) is 0 Å². The van der Waals surface area contributed by atoms with E-state index < -0.39 is 24.5 Å². The SMILES string of the molecule is Cc1cncn1C1CCN(C(=O)CC(n2cccn2)C(F)(F)F)CC1. The van der Waals surface area contributed by atoms with E-state index in [0.717, 1.165) is 10.4 Å². The highest BCUT2D eigenvalue weighted by Crippen LogP contribution is 2.34. The number of hydrogen-bond donors (Lipinski definition) is 0. The minimum Gasteiger partial charge on any atom is -0.342 e. The molecule has 1 aliphatic heterocycles. The average Bonchev–Trinajstić information content (AvgIpc) is 3.23. The van der Waals surface area contributed by atoms with Crippen LogP contribution in [0.2, 0.25) is 0 Å². The molecular weight excluding hydrogens is 335 g/mol. The Bertz CT molecular complexity index is 702. The molecule has 6 nitrogen and oxygen atoms in total. The first-order valence-corrected chi connectivity index (χ1v) is 8.18. The first-order chi connectivity index (χ1) is 11.9. The molecule has 2 aromatic heterocycles.